The van der Waals surface area contributed by atoms with Crippen LogP contribution >= 0.6 is 0 Å². The van der Waals surface area contributed by atoms with Crippen LogP contribution in [0.2, 0.25) is 0 Å². The quantitative estimate of drug-likeness (QED) is 0.840. The van der Waals surface area contributed by atoms with Crippen molar-refractivity contribution < 1.29 is 4.74 Å². The van der Waals surface area contributed by atoms with E-state index in [9.17, 15) is 0 Å². The highest BCUT2D eigenvalue weighted by molar-refractivity contribution is 5.37. The summed E-state index contributed by atoms with van der Waals surface area (Å²) >= 11 is 0. The van der Waals surface area contributed by atoms with Gasteiger partial charge in [-0.3, -0.25) is 0 Å². The van der Waals surface area contributed by atoms with Crippen molar-refractivity contribution in [1.29, 1.82) is 0 Å². The molecule has 0 unspecified atom stereocenters. The molecule has 0 amide bonds. The van der Waals surface area contributed by atoms with Gasteiger partial charge in [-0.1, -0.05) is 12.5 Å². The van der Waals surface area contributed by atoms with Crippen molar-refractivity contribution in [1.82, 2.24) is 4.90 Å². The molecule has 1 aliphatic rings. The first kappa shape index (κ1) is 13.4. The molecule has 0 aliphatic heterocycles. The smallest absolute Gasteiger partial charge is 0.123 e. The molecule has 18 heavy (non-hydrogen) atoms. The van der Waals surface area contributed by atoms with Crippen molar-refractivity contribution in [2.45, 2.75) is 32.4 Å². The van der Waals surface area contributed by atoms with E-state index in [1.54, 1.807) is 7.11 Å². The highest BCUT2D eigenvalue weighted by atomic mass is 16.5. The fourth-order valence-corrected chi connectivity index (χ4v) is 2.55. The van der Waals surface area contributed by atoms with Crippen molar-refractivity contribution in [2.24, 2.45) is 11.7 Å². The third-order valence-electron chi connectivity index (χ3n) is 3.82. The van der Waals surface area contributed by atoms with Crippen LogP contribution in [-0.4, -0.2) is 25.6 Å². The normalized spacial score (nSPS) is 15.8. The van der Waals surface area contributed by atoms with E-state index >= 15 is 0 Å². The Balaban J connectivity index is 2.00. The second-order valence-corrected chi connectivity index (χ2v) is 5.34. The number of hydrogen-bond donors (Lipinski definition) is 1. The van der Waals surface area contributed by atoms with E-state index in [1.165, 1.54) is 36.9 Å². The first-order chi connectivity index (χ1) is 8.72. The molecule has 0 bridgehead atoms. The lowest BCUT2D eigenvalue weighted by Crippen LogP contribution is -2.29. The molecule has 1 aromatic carbocycles. The van der Waals surface area contributed by atoms with E-state index in [0.717, 1.165) is 18.2 Å². The summed E-state index contributed by atoms with van der Waals surface area (Å²) in [5, 5.41) is 0. The van der Waals surface area contributed by atoms with Crippen LogP contribution in [0.5, 0.6) is 5.75 Å². The molecule has 0 saturated heterocycles. The van der Waals surface area contributed by atoms with Gasteiger partial charge >= 0.3 is 0 Å². The summed E-state index contributed by atoms with van der Waals surface area (Å²) in [5.41, 5.74) is 8.11. The Morgan fingerprint density at radius 3 is 2.72 bits per heavy atom. The molecule has 0 radical (unpaired) electrons. The zero-order valence-corrected chi connectivity index (χ0v) is 11.5. The highest BCUT2D eigenvalue weighted by Crippen LogP contribution is 2.28. The summed E-state index contributed by atoms with van der Waals surface area (Å²) in [4.78, 5) is 2.39. The van der Waals surface area contributed by atoms with Crippen LogP contribution in [0.4, 0.5) is 0 Å². The number of benzene rings is 1. The van der Waals surface area contributed by atoms with Gasteiger partial charge in [-0.25, -0.2) is 0 Å². The highest BCUT2D eigenvalue weighted by Gasteiger charge is 2.19. The van der Waals surface area contributed by atoms with E-state index in [4.69, 9.17) is 10.5 Å². The Kier molecular flexibility index (Phi) is 4.61. The minimum absolute atomic E-state index is 0.587. The third kappa shape index (κ3) is 3.24. The van der Waals surface area contributed by atoms with Gasteiger partial charge in [0, 0.05) is 25.2 Å². The number of ether oxygens (including phenoxy) is 1. The lowest BCUT2D eigenvalue weighted by atomic mass is 9.85. The van der Waals surface area contributed by atoms with Crippen LogP contribution in [-0.2, 0) is 13.1 Å². The second-order valence-electron chi connectivity index (χ2n) is 5.34. The third-order valence-corrected chi connectivity index (χ3v) is 3.82. The summed E-state index contributed by atoms with van der Waals surface area (Å²) < 4.78 is 5.42. The van der Waals surface area contributed by atoms with Gasteiger partial charge in [0.05, 0.1) is 7.11 Å². The number of nitrogens with zero attached hydrogens (tertiary/aromatic N) is 1. The second kappa shape index (κ2) is 6.21. The van der Waals surface area contributed by atoms with Gasteiger partial charge in [0.25, 0.3) is 0 Å². The standard InChI is InChI=1S/C15H24N2O/c1-17(10-12-4-3-5-12)11-14-8-13(9-16)6-7-15(14)18-2/h6-8,12H,3-5,9-11,16H2,1-2H3. The van der Waals surface area contributed by atoms with Crippen molar-refractivity contribution >= 4 is 0 Å². The van der Waals surface area contributed by atoms with Crippen LogP contribution in [0.15, 0.2) is 18.2 Å². The van der Waals surface area contributed by atoms with Crippen molar-refractivity contribution in [3.8, 4) is 5.75 Å². The molecule has 1 aromatic rings. The number of methoxy groups -OCH3 is 1. The molecule has 0 aromatic heterocycles. The monoisotopic (exact) mass is 248 g/mol. The molecule has 100 valence electrons. The Hall–Kier alpha value is -1.06. The molecule has 0 spiro atoms. The molecule has 0 heterocycles. The molecule has 1 fully saturated rings. The molecule has 3 heteroatoms. The molecule has 2 rings (SSSR count). The van der Waals surface area contributed by atoms with Crippen LogP contribution in [0.25, 0.3) is 0 Å². The minimum atomic E-state index is 0.587. The predicted octanol–water partition coefficient (Wildman–Crippen LogP) is 2.39. The maximum absolute atomic E-state index is 5.70. The first-order valence-electron chi connectivity index (χ1n) is 6.77. The van der Waals surface area contributed by atoms with E-state index in [0.29, 0.717) is 6.54 Å². The van der Waals surface area contributed by atoms with Gasteiger partial charge in [0.1, 0.15) is 5.75 Å². The van der Waals surface area contributed by atoms with Crippen LogP contribution < -0.4 is 10.5 Å². The largest absolute Gasteiger partial charge is 0.496 e. The molecule has 3 nitrogen and oxygen atoms in total. The summed E-state index contributed by atoms with van der Waals surface area (Å²) in [6.45, 7) is 2.72. The van der Waals surface area contributed by atoms with Gasteiger partial charge in [-0.15, -0.1) is 0 Å². The molecular formula is C15H24N2O. The summed E-state index contributed by atoms with van der Waals surface area (Å²) in [7, 11) is 3.92. The number of hydrogen-bond acceptors (Lipinski definition) is 3. The van der Waals surface area contributed by atoms with E-state index in [2.05, 4.69) is 18.0 Å². The first-order valence-corrected chi connectivity index (χ1v) is 6.77. The Bertz CT molecular complexity index is 388. The Morgan fingerprint density at radius 2 is 2.17 bits per heavy atom. The summed E-state index contributed by atoms with van der Waals surface area (Å²) in [6.07, 6.45) is 4.19. The van der Waals surface area contributed by atoms with Gasteiger partial charge in [0.15, 0.2) is 0 Å². The molecule has 1 aliphatic carbocycles. The van der Waals surface area contributed by atoms with Gasteiger partial charge in [-0.2, -0.15) is 0 Å². The zero-order valence-electron chi connectivity index (χ0n) is 11.5. The van der Waals surface area contributed by atoms with Crippen LogP contribution in [0.3, 0.4) is 0 Å². The van der Waals surface area contributed by atoms with Crippen LogP contribution in [0, 0.1) is 5.92 Å². The Labute approximate surface area is 110 Å². The minimum Gasteiger partial charge on any atom is -0.496 e. The topological polar surface area (TPSA) is 38.5 Å². The van der Waals surface area contributed by atoms with Gasteiger partial charge in [-0.05, 0) is 43.5 Å². The van der Waals surface area contributed by atoms with Crippen molar-refractivity contribution in [3.05, 3.63) is 29.3 Å². The van der Waals surface area contributed by atoms with E-state index in [1.807, 2.05) is 12.1 Å². The number of rotatable bonds is 6. The van der Waals surface area contributed by atoms with Crippen molar-refractivity contribution in [3.63, 3.8) is 0 Å². The molecule has 0 atom stereocenters. The Morgan fingerprint density at radius 1 is 1.39 bits per heavy atom. The summed E-state index contributed by atoms with van der Waals surface area (Å²) in [6, 6.07) is 6.22. The van der Waals surface area contributed by atoms with Crippen molar-refractivity contribution in [2.75, 3.05) is 20.7 Å². The zero-order chi connectivity index (χ0) is 13.0. The lowest BCUT2D eigenvalue weighted by molar-refractivity contribution is 0.199. The maximum atomic E-state index is 5.70. The number of nitrogens with two attached hydrogens (primary N) is 1. The fourth-order valence-electron chi connectivity index (χ4n) is 2.55. The lowest BCUT2D eigenvalue weighted by Gasteiger charge is -2.30. The van der Waals surface area contributed by atoms with Gasteiger partial charge < -0.3 is 15.4 Å². The molecular weight excluding hydrogens is 224 g/mol. The van der Waals surface area contributed by atoms with Crippen LogP contribution in [0.1, 0.15) is 30.4 Å². The average Bonchev–Trinajstić information content (AvgIpc) is 2.34. The average molecular weight is 248 g/mol. The van der Waals surface area contributed by atoms with E-state index < -0.39 is 0 Å². The maximum Gasteiger partial charge on any atom is 0.123 e. The molecule has 1 saturated carbocycles. The fraction of sp³-hybridized carbons (Fsp3) is 0.600. The summed E-state index contributed by atoms with van der Waals surface area (Å²) in [5.74, 6) is 1.87. The SMILES string of the molecule is COc1ccc(CN)cc1CN(C)CC1CCC1. The molecule has 2 N–H and O–H groups in total. The van der Waals surface area contributed by atoms with Gasteiger partial charge in [0.2, 0.25) is 0 Å². The van der Waals surface area contributed by atoms with E-state index in [-0.39, 0.29) is 0 Å². The predicted molar refractivity (Wildman–Crippen MR) is 74.6 cm³/mol.